The second kappa shape index (κ2) is 4.12. The summed E-state index contributed by atoms with van der Waals surface area (Å²) in [5, 5.41) is 0. The van der Waals surface area contributed by atoms with Gasteiger partial charge in [0.2, 0.25) is 0 Å². The number of ether oxygens (including phenoxy) is 1. The lowest BCUT2D eigenvalue weighted by atomic mass is 10.1. The third-order valence-electron chi connectivity index (χ3n) is 2.33. The number of rotatable bonds is 4. The van der Waals surface area contributed by atoms with Gasteiger partial charge in [0.1, 0.15) is 6.10 Å². The highest BCUT2D eigenvalue weighted by atomic mass is 35.5. The van der Waals surface area contributed by atoms with Crippen molar-refractivity contribution < 1.29 is 4.74 Å². The Hall–Kier alpha value is -0.530. The Bertz CT molecular complexity index is 260. The maximum atomic E-state index is 5.61. The van der Waals surface area contributed by atoms with Gasteiger partial charge in [0.05, 0.1) is 6.10 Å². The number of hydrogen-bond donors (Lipinski definition) is 0. The van der Waals surface area contributed by atoms with Gasteiger partial charge in [-0.15, -0.1) is 11.6 Å². The Morgan fingerprint density at radius 2 is 2.00 bits per heavy atom. The van der Waals surface area contributed by atoms with E-state index in [1.807, 2.05) is 6.07 Å². The second-order valence-electron chi connectivity index (χ2n) is 3.34. The summed E-state index contributed by atoms with van der Waals surface area (Å²) in [5.74, 6) is 0.737. The van der Waals surface area contributed by atoms with E-state index in [1.165, 1.54) is 5.56 Å². The molecular formula is C11H13ClO. The molecular weight excluding hydrogens is 184 g/mol. The van der Waals surface area contributed by atoms with E-state index in [0.29, 0.717) is 12.2 Å². The Labute approximate surface area is 83.7 Å². The van der Waals surface area contributed by atoms with Crippen LogP contribution in [0.5, 0.6) is 0 Å². The molecule has 1 nitrogen and oxygen atoms in total. The van der Waals surface area contributed by atoms with Crippen molar-refractivity contribution in [3.8, 4) is 0 Å². The number of hydrogen-bond acceptors (Lipinski definition) is 1. The standard InChI is InChI=1S/C11H13ClO/c12-8-4-7-10-11(13-10)9-5-2-1-3-6-9/h1-3,5-6,10-11H,4,7-8H2/t10-,11+/m0/s1. The maximum absolute atomic E-state index is 5.61. The predicted molar refractivity (Wildman–Crippen MR) is 54.0 cm³/mol. The van der Waals surface area contributed by atoms with Crippen LogP contribution in [0.1, 0.15) is 24.5 Å². The van der Waals surface area contributed by atoms with E-state index >= 15 is 0 Å². The molecule has 1 aromatic carbocycles. The van der Waals surface area contributed by atoms with E-state index < -0.39 is 0 Å². The van der Waals surface area contributed by atoms with Crippen LogP contribution in [0.25, 0.3) is 0 Å². The summed E-state index contributed by atoms with van der Waals surface area (Å²) < 4.78 is 5.55. The largest absolute Gasteiger partial charge is 0.365 e. The van der Waals surface area contributed by atoms with Gasteiger partial charge in [0, 0.05) is 5.88 Å². The first kappa shape index (κ1) is 9.04. The molecule has 1 saturated heterocycles. The zero-order valence-electron chi connectivity index (χ0n) is 7.45. The molecule has 0 unspecified atom stereocenters. The smallest absolute Gasteiger partial charge is 0.109 e. The van der Waals surface area contributed by atoms with Crippen molar-refractivity contribution in [3.05, 3.63) is 35.9 Å². The molecule has 13 heavy (non-hydrogen) atoms. The van der Waals surface area contributed by atoms with Crippen molar-refractivity contribution in [2.75, 3.05) is 5.88 Å². The zero-order valence-corrected chi connectivity index (χ0v) is 8.20. The number of epoxide rings is 1. The minimum Gasteiger partial charge on any atom is -0.365 e. The van der Waals surface area contributed by atoms with E-state index in [4.69, 9.17) is 16.3 Å². The summed E-state index contributed by atoms with van der Waals surface area (Å²) in [4.78, 5) is 0. The first-order valence-electron chi connectivity index (χ1n) is 4.68. The van der Waals surface area contributed by atoms with Gasteiger partial charge in [-0.2, -0.15) is 0 Å². The molecule has 1 fully saturated rings. The van der Waals surface area contributed by atoms with Gasteiger partial charge in [-0.1, -0.05) is 30.3 Å². The highest BCUT2D eigenvalue weighted by Crippen LogP contribution is 2.41. The summed E-state index contributed by atoms with van der Waals surface area (Å²) in [6.07, 6.45) is 2.89. The lowest BCUT2D eigenvalue weighted by Gasteiger charge is -1.93. The van der Waals surface area contributed by atoms with Crippen LogP contribution in [0.4, 0.5) is 0 Å². The van der Waals surface area contributed by atoms with E-state index in [1.54, 1.807) is 0 Å². The number of halogens is 1. The molecule has 1 aromatic rings. The van der Waals surface area contributed by atoms with E-state index in [0.717, 1.165) is 18.7 Å². The minimum atomic E-state index is 0.337. The molecule has 2 rings (SSSR count). The number of alkyl halides is 1. The quantitative estimate of drug-likeness (QED) is 0.533. The molecule has 1 heterocycles. The molecule has 1 aliphatic heterocycles. The van der Waals surface area contributed by atoms with Gasteiger partial charge in [-0.25, -0.2) is 0 Å². The molecule has 1 aliphatic rings. The summed E-state index contributed by atoms with van der Waals surface area (Å²) >= 11 is 5.61. The molecule has 70 valence electrons. The lowest BCUT2D eigenvalue weighted by molar-refractivity contribution is 0.365. The predicted octanol–water partition coefficient (Wildman–Crippen LogP) is 3.15. The fourth-order valence-electron chi connectivity index (χ4n) is 1.58. The Balaban J connectivity index is 1.86. The monoisotopic (exact) mass is 196 g/mol. The zero-order chi connectivity index (χ0) is 9.10. The number of benzene rings is 1. The summed E-state index contributed by atoms with van der Waals surface area (Å²) in [5.41, 5.74) is 1.29. The summed E-state index contributed by atoms with van der Waals surface area (Å²) in [7, 11) is 0. The van der Waals surface area contributed by atoms with Crippen LogP contribution in [0.3, 0.4) is 0 Å². The van der Waals surface area contributed by atoms with Crippen molar-refractivity contribution in [1.82, 2.24) is 0 Å². The Morgan fingerprint density at radius 1 is 1.23 bits per heavy atom. The van der Waals surface area contributed by atoms with Crippen molar-refractivity contribution >= 4 is 11.6 Å². The van der Waals surface area contributed by atoms with Crippen LogP contribution < -0.4 is 0 Å². The van der Waals surface area contributed by atoms with E-state index in [2.05, 4.69) is 24.3 Å². The molecule has 0 spiro atoms. The fraction of sp³-hybridized carbons (Fsp3) is 0.455. The molecule has 0 amide bonds. The van der Waals surface area contributed by atoms with Crippen LogP contribution in [-0.4, -0.2) is 12.0 Å². The molecule has 0 radical (unpaired) electrons. The normalized spacial score (nSPS) is 25.9. The molecule has 0 N–H and O–H groups in total. The van der Waals surface area contributed by atoms with Crippen LogP contribution >= 0.6 is 11.6 Å². The summed E-state index contributed by atoms with van der Waals surface area (Å²) in [6, 6.07) is 10.4. The Kier molecular flexibility index (Phi) is 2.87. The van der Waals surface area contributed by atoms with Gasteiger partial charge >= 0.3 is 0 Å². The van der Waals surface area contributed by atoms with Crippen LogP contribution in [0.2, 0.25) is 0 Å². The molecule has 0 aromatic heterocycles. The van der Waals surface area contributed by atoms with Crippen LogP contribution in [0.15, 0.2) is 30.3 Å². The highest BCUT2D eigenvalue weighted by molar-refractivity contribution is 6.17. The molecule has 0 aliphatic carbocycles. The average Bonchev–Trinajstić information content (AvgIpc) is 2.95. The van der Waals surface area contributed by atoms with E-state index in [-0.39, 0.29) is 0 Å². The van der Waals surface area contributed by atoms with Gasteiger partial charge in [-0.3, -0.25) is 0 Å². The van der Waals surface area contributed by atoms with Crippen LogP contribution in [0, 0.1) is 0 Å². The lowest BCUT2D eigenvalue weighted by Crippen LogP contribution is -1.89. The van der Waals surface area contributed by atoms with Crippen LogP contribution in [-0.2, 0) is 4.74 Å². The first-order chi connectivity index (χ1) is 6.42. The molecule has 0 saturated carbocycles. The highest BCUT2D eigenvalue weighted by Gasteiger charge is 2.38. The van der Waals surface area contributed by atoms with Crippen molar-refractivity contribution in [3.63, 3.8) is 0 Å². The van der Waals surface area contributed by atoms with E-state index in [9.17, 15) is 0 Å². The summed E-state index contributed by atoms with van der Waals surface area (Å²) in [6.45, 7) is 0. The topological polar surface area (TPSA) is 12.5 Å². The average molecular weight is 197 g/mol. The van der Waals surface area contributed by atoms with Gasteiger partial charge in [-0.05, 0) is 18.4 Å². The van der Waals surface area contributed by atoms with Crippen molar-refractivity contribution in [1.29, 1.82) is 0 Å². The van der Waals surface area contributed by atoms with Crippen molar-refractivity contribution in [2.45, 2.75) is 25.0 Å². The second-order valence-corrected chi connectivity index (χ2v) is 3.71. The Morgan fingerprint density at radius 3 is 2.69 bits per heavy atom. The van der Waals surface area contributed by atoms with Gasteiger partial charge in [0.25, 0.3) is 0 Å². The third-order valence-corrected chi connectivity index (χ3v) is 2.60. The molecule has 0 bridgehead atoms. The van der Waals surface area contributed by atoms with Gasteiger partial charge < -0.3 is 4.74 Å². The minimum absolute atomic E-state index is 0.337. The van der Waals surface area contributed by atoms with Crippen molar-refractivity contribution in [2.24, 2.45) is 0 Å². The van der Waals surface area contributed by atoms with Gasteiger partial charge in [0.15, 0.2) is 0 Å². The molecule has 2 atom stereocenters. The third kappa shape index (κ3) is 2.23. The maximum Gasteiger partial charge on any atom is 0.109 e. The SMILES string of the molecule is ClCCC[C@@H]1O[C@@H]1c1ccccc1. The molecule has 2 heteroatoms. The fourth-order valence-corrected chi connectivity index (χ4v) is 1.73. The first-order valence-corrected chi connectivity index (χ1v) is 5.21.